The van der Waals surface area contributed by atoms with Gasteiger partial charge >= 0.3 is 0 Å². The number of thiocarbonyl (C=S) groups is 1. The summed E-state index contributed by atoms with van der Waals surface area (Å²) in [5, 5.41) is 4.18. The van der Waals surface area contributed by atoms with Crippen molar-refractivity contribution in [3.63, 3.8) is 0 Å². The maximum Gasteiger partial charge on any atom is 0.231 e. The van der Waals surface area contributed by atoms with Gasteiger partial charge in [0.05, 0.1) is 29.7 Å². The van der Waals surface area contributed by atoms with Gasteiger partial charge in [-0.2, -0.15) is 0 Å². The van der Waals surface area contributed by atoms with E-state index in [2.05, 4.69) is 50.7 Å². The molecule has 0 saturated carbocycles. The summed E-state index contributed by atoms with van der Waals surface area (Å²) in [6.45, 7) is 4.49. The highest BCUT2D eigenvalue weighted by Crippen LogP contribution is 2.45. The molecule has 1 N–H and O–H groups in total. The summed E-state index contributed by atoms with van der Waals surface area (Å²) in [5.41, 5.74) is 6.33. The molecule has 2 aliphatic rings. The molecule has 34 heavy (non-hydrogen) atoms. The third-order valence-electron chi connectivity index (χ3n) is 6.43. The van der Waals surface area contributed by atoms with Gasteiger partial charge < -0.3 is 24.3 Å². The number of nitrogens with one attached hydrogen (secondary N) is 1. The summed E-state index contributed by atoms with van der Waals surface area (Å²) in [6.07, 6.45) is 5.49. The summed E-state index contributed by atoms with van der Waals surface area (Å²) in [5.74, 6) is 1.47. The zero-order chi connectivity index (χ0) is 23.2. The second-order valence-corrected chi connectivity index (χ2v) is 8.79. The minimum atomic E-state index is -0.123. The number of hydrogen-bond acceptors (Lipinski definition) is 5. The molecule has 1 saturated heterocycles. The molecular weight excluding hydrogens is 446 g/mol. The Morgan fingerprint density at radius 3 is 2.65 bits per heavy atom. The minimum absolute atomic E-state index is 0.112. The molecule has 6 rings (SSSR count). The second kappa shape index (κ2) is 8.14. The highest BCUT2D eigenvalue weighted by molar-refractivity contribution is 7.80. The minimum Gasteiger partial charge on any atom is -0.454 e. The van der Waals surface area contributed by atoms with E-state index in [4.69, 9.17) is 21.7 Å². The third-order valence-corrected chi connectivity index (χ3v) is 6.74. The molecule has 5 heterocycles. The van der Waals surface area contributed by atoms with Gasteiger partial charge in [-0.25, -0.2) is 0 Å². The van der Waals surface area contributed by atoms with Crippen LogP contribution in [0.3, 0.4) is 0 Å². The second-order valence-electron chi connectivity index (χ2n) is 8.41. The number of aromatic nitrogens is 3. The van der Waals surface area contributed by atoms with Gasteiger partial charge in [-0.1, -0.05) is 6.07 Å². The van der Waals surface area contributed by atoms with Crippen molar-refractivity contribution >= 4 is 23.0 Å². The molecule has 0 aliphatic carbocycles. The number of fused-ring (bicyclic) bond motifs is 1. The Labute approximate surface area is 203 Å². The summed E-state index contributed by atoms with van der Waals surface area (Å²) in [6, 6.07) is 17.9. The topological polar surface area (TPSA) is 64.4 Å². The van der Waals surface area contributed by atoms with E-state index in [1.54, 1.807) is 6.20 Å². The van der Waals surface area contributed by atoms with Crippen LogP contribution in [0.25, 0.3) is 5.69 Å². The maximum atomic E-state index is 5.88. The average molecular weight is 470 g/mol. The van der Waals surface area contributed by atoms with E-state index in [-0.39, 0.29) is 18.9 Å². The monoisotopic (exact) mass is 469 g/mol. The van der Waals surface area contributed by atoms with E-state index < -0.39 is 0 Å². The van der Waals surface area contributed by atoms with Crippen molar-refractivity contribution in [3.8, 4) is 17.2 Å². The summed E-state index contributed by atoms with van der Waals surface area (Å²) >= 11 is 5.88. The summed E-state index contributed by atoms with van der Waals surface area (Å²) in [7, 11) is 0. The summed E-state index contributed by atoms with van der Waals surface area (Å²) < 4.78 is 13.4. The number of rotatable bonds is 4. The van der Waals surface area contributed by atoms with E-state index >= 15 is 0 Å². The van der Waals surface area contributed by atoms with Gasteiger partial charge in [0.25, 0.3) is 0 Å². The molecule has 2 atom stereocenters. The van der Waals surface area contributed by atoms with Crippen molar-refractivity contribution in [1.29, 1.82) is 0 Å². The van der Waals surface area contributed by atoms with Crippen molar-refractivity contribution in [1.82, 2.24) is 19.9 Å². The SMILES string of the molecule is Cc1cc([C@@H]2[C@@H](c3ccccn3)NC(=S)N2c2ccc3c(c2)OCO3)c(C)n1-c1cccnc1. The Hall–Kier alpha value is -3.91. The first-order chi connectivity index (χ1) is 16.6. The van der Waals surface area contributed by atoms with Crippen LogP contribution >= 0.6 is 12.2 Å². The molecule has 4 aromatic rings. The number of ether oxygens (including phenoxy) is 2. The van der Waals surface area contributed by atoms with Crippen molar-refractivity contribution < 1.29 is 9.47 Å². The van der Waals surface area contributed by atoms with E-state index in [0.29, 0.717) is 5.11 Å². The Balaban J connectivity index is 1.51. The van der Waals surface area contributed by atoms with Crippen LogP contribution in [0.5, 0.6) is 11.5 Å². The molecule has 0 unspecified atom stereocenters. The van der Waals surface area contributed by atoms with E-state index in [9.17, 15) is 0 Å². The van der Waals surface area contributed by atoms with Gasteiger partial charge in [-0.3, -0.25) is 9.97 Å². The molecule has 0 radical (unpaired) electrons. The van der Waals surface area contributed by atoms with Gasteiger partial charge in [0.15, 0.2) is 16.6 Å². The molecule has 0 spiro atoms. The van der Waals surface area contributed by atoms with Crippen LogP contribution in [0.1, 0.15) is 34.7 Å². The van der Waals surface area contributed by atoms with Crippen LogP contribution in [0.4, 0.5) is 5.69 Å². The largest absolute Gasteiger partial charge is 0.454 e. The van der Waals surface area contributed by atoms with E-state index in [1.807, 2.05) is 54.9 Å². The fourth-order valence-corrected chi connectivity index (χ4v) is 5.30. The quantitative estimate of drug-likeness (QED) is 0.431. The molecule has 0 bridgehead atoms. The van der Waals surface area contributed by atoms with Crippen molar-refractivity contribution in [2.24, 2.45) is 0 Å². The molecule has 7 nitrogen and oxygen atoms in total. The maximum absolute atomic E-state index is 5.88. The zero-order valence-corrected chi connectivity index (χ0v) is 19.6. The fourth-order valence-electron chi connectivity index (χ4n) is 4.95. The highest BCUT2D eigenvalue weighted by atomic mass is 32.1. The molecule has 2 aliphatic heterocycles. The van der Waals surface area contributed by atoms with Crippen LogP contribution in [-0.4, -0.2) is 26.4 Å². The standard InChI is InChI=1S/C26H23N5O2S/c1-16-12-20(17(2)30(16)19-6-5-10-27-14-19)25-24(21-7-3-4-11-28-21)29-26(34)31(25)18-8-9-22-23(13-18)33-15-32-22/h3-14,24-25H,15H2,1-2H3,(H,29,34)/t24-,25-/m1/s1. The Morgan fingerprint density at radius 2 is 1.85 bits per heavy atom. The number of anilines is 1. The molecule has 3 aromatic heterocycles. The molecular formula is C26H23N5O2S. The zero-order valence-electron chi connectivity index (χ0n) is 18.8. The Bertz CT molecular complexity index is 1370. The van der Waals surface area contributed by atoms with Gasteiger partial charge in [-0.05, 0) is 74.1 Å². The van der Waals surface area contributed by atoms with Gasteiger partial charge in [-0.15, -0.1) is 0 Å². The number of hydrogen-bond donors (Lipinski definition) is 1. The fraction of sp³-hybridized carbons (Fsp3) is 0.192. The first-order valence-corrected chi connectivity index (χ1v) is 11.5. The smallest absolute Gasteiger partial charge is 0.231 e. The van der Waals surface area contributed by atoms with E-state index in [1.165, 1.54) is 5.56 Å². The van der Waals surface area contributed by atoms with Crippen molar-refractivity contribution in [2.75, 3.05) is 11.7 Å². The molecule has 0 amide bonds. The molecule has 1 aromatic carbocycles. The first-order valence-electron chi connectivity index (χ1n) is 11.1. The summed E-state index contributed by atoms with van der Waals surface area (Å²) in [4.78, 5) is 11.1. The number of pyridine rings is 2. The average Bonchev–Trinajstić information content (AvgIpc) is 3.54. The van der Waals surface area contributed by atoms with Crippen molar-refractivity contribution in [2.45, 2.75) is 25.9 Å². The number of aryl methyl sites for hydroxylation is 1. The molecule has 8 heteroatoms. The van der Waals surface area contributed by atoms with Crippen LogP contribution in [0.2, 0.25) is 0 Å². The van der Waals surface area contributed by atoms with Crippen molar-refractivity contribution in [3.05, 3.63) is 95.8 Å². The normalized spacial score (nSPS) is 18.9. The predicted molar refractivity (Wildman–Crippen MR) is 134 cm³/mol. The number of benzene rings is 1. The van der Waals surface area contributed by atoms with Crippen LogP contribution in [0, 0.1) is 13.8 Å². The van der Waals surface area contributed by atoms with Gasteiger partial charge in [0.1, 0.15) is 0 Å². The third kappa shape index (κ3) is 3.30. The number of nitrogens with zero attached hydrogens (tertiary/aromatic N) is 4. The lowest BCUT2D eigenvalue weighted by Crippen LogP contribution is -2.29. The van der Waals surface area contributed by atoms with E-state index in [0.717, 1.165) is 40.0 Å². The van der Waals surface area contributed by atoms with Gasteiger partial charge in [0, 0.05) is 35.5 Å². The molecule has 1 fully saturated rings. The predicted octanol–water partition coefficient (Wildman–Crippen LogP) is 4.79. The molecule has 170 valence electrons. The Morgan fingerprint density at radius 1 is 0.971 bits per heavy atom. The highest BCUT2D eigenvalue weighted by Gasteiger charge is 2.42. The van der Waals surface area contributed by atoms with Crippen LogP contribution < -0.4 is 19.7 Å². The van der Waals surface area contributed by atoms with Crippen LogP contribution in [0.15, 0.2) is 73.2 Å². The van der Waals surface area contributed by atoms with Gasteiger partial charge in [0.2, 0.25) is 6.79 Å². The lowest BCUT2D eigenvalue weighted by molar-refractivity contribution is 0.174. The lowest BCUT2D eigenvalue weighted by Gasteiger charge is -2.28. The first kappa shape index (κ1) is 20.7. The van der Waals surface area contributed by atoms with Crippen LogP contribution in [-0.2, 0) is 0 Å². The Kier molecular flexibility index (Phi) is 4.95. The lowest BCUT2D eigenvalue weighted by atomic mass is 9.96.